The first kappa shape index (κ1) is 13.8. The maximum absolute atomic E-state index is 11.1. The van der Waals surface area contributed by atoms with Crippen LogP contribution in [0.1, 0.15) is 32.6 Å². The number of aliphatic hydroxyl groups is 1. The van der Waals surface area contributed by atoms with Gasteiger partial charge in [0.25, 0.3) is 0 Å². The molecule has 0 radical (unpaired) electrons. The van der Waals surface area contributed by atoms with Crippen molar-refractivity contribution in [3.8, 4) is 0 Å². The van der Waals surface area contributed by atoms with Crippen LogP contribution in [0.15, 0.2) is 12.7 Å². The predicted molar refractivity (Wildman–Crippen MR) is 56.3 cm³/mol. The van der Waals surface area contributed by atoms with Gasteiger partial charge in [0.05, 0.1) is 12.7 Å². The monoisotopic (exact) mass is 214 g/mol. The molecule has 0 aliphatic carbocycles. The maximum atomic E-state index is 11.1. The summed E-state index contributed by atoms with van der Waals surface area (Å²) in [5.74, 6) is -0.853. The molecule has 0 aliphatic heterocycles. The van der Waals surface area contributed by atoms with E-state index < -0.39 is 12.1 Å². The van der Waals surface area contributed by atoms with E-state index in [1.54, 1.807) is 0 Å². The standard InChI is InChI=1S/C11H18O4/c1-3-5-6-15-11(14)8-10(13)7-9(12)4-2/h4,9,12H,2-3,5-8H2,1H3/t9-/m1/s1. The number of rotatable bonds is 8. The number of esters is 1. The smallest absolute Gasteiger partial charge is 0.313 e. The van der Waals surface area contributed by atoms with Gasteiger partial charge in [0.15, 0.2) is 0 Å². The summed E-state index contributed by atoms with van der Waals surface area (Å²) < 4.78 is 4.80. The molecule has 4 nitrogen and oxygen atoms in total. The predicted octanol–water partition coefficient (Wildman–Crippen LogP) is 1.23. The van der Waals surface area contributed by atoms with E-state index in [4.69, 9.17) is 9.84 Å². The van der Waals surface area contributed by atoms with Crippen LogP contribution in [0, 0.1) is 0 Å². The number of carbonyl (C=O) groups excluding carboxylic acids is 2. The minimum atomic E-state index is -0.874. The largest absolute Gasteiger partial charge is 0.465 e. The highest BCUT2D eigenvalue weighted by Gasteiger charge is 2.13. The van der Waals surface area contributed by atoms with Crippen molar-refractivity contribution in [2.24, 2.45) is 0 Å². The minimum absolute atomic E-state index is 0.0770. The van der Waals surface area contributed by atoms with Crippen molar-refractivity contribution in [1.29, 1.82) is 0 Å². The normalized spacial score (nSPS) is 11.9. The lowest BCUT2D eigenvalue weighted by molar-refractivity contribution is -0.146. The Morgan fingerprint density at radius 3 is 2.73 bits per heavy atom. The second-order valence-corrected chi connectivity index (χ2v) is 3.30. The fourth-order valence-corrected chi connectivity index (χ4v) is 0.931. The zero-order chi connectivity index (χ0) is 11.7. The molecule has 0 rings (SSSR count). The Bertz CT molecular complexity index is 223. The van der Waals surface area contributed by atoms with E-state index in [0.29, 0.717) is 6.61 Å². The summed E-state index contributed by atoms with van der Waals surface area (Å²) in [6.45, 7) is 5.67. The third kappa shape index (κ3) is 7.88. The highest BCUT2D eigenvalue weighted by molar-refractivity contribution is 5.95. The Labute approximate surface area is 89.9 Å². The fourth-order valence-electron chi connectivity index (χ4n) is 0.931. The second-order valence-electron chi connectivity index (χ2n) is 3.30. The van der Waals surface area contributed by atoms with Gasteiger partial charge in [-0.05, 0) is 6.42 Å². The van der Waals surface area contributed by atoms with Crippen molar-refractivity contribution in [2.75, 3.05) is 6.61 Å². The Morgan fingerprint density at radius 2 is 2.20 bits per heavy atom. The van der Waals surface area contributed by atoms with Gasteiger partial charge in [-0.3, -0.25) is 9.59 Å². The Kier molecular flexibility index (Phi) is 7.54. The lowest BCUT2D eigenvalue weighted by Crippen LogP contribution is -2.16. The van der Waals surface area contributed by atoms with Crippen LogP contribution in [-0.2, 0) is 14.3 Å². The summed E-state index contributed by atoms with van der Waals surface area (Å²) in [6.07, 6.45) is 1.79. The number of Topliss-reactive ketones (excluding diaryl/α,β-unsaturated/α-hetero) is 1. The van der Waals surface area contributed by atoms with E-state index in [2.05, 4.69) is 6.58 Å². The highest BCUT2D eigenvalue weighted by atomic mass is 16.5. The number of hydrogen-bond acceptors (Lipinski definition) is 4. The molecule has 0 heterocycles. The van der Waals surface area contributed by atoms with Crippen molar-refractivity contribution in [3.63, 3.8) is 0 Å². The summed E-state index contributed by atoms with van der Waals surface area (Å²) in [7, 11) is 0. The van der Waals surface area contributed by atoms with Crippen LogP contribution < -0.4 is 0 Å². The molecule has 0 saturated heterocycles. The summed E-state index contributed by atoms with van der Waals surface area (Å²) >= 11 is 0. The second kappa shape index (κ2) is 8.17. The van der Waals surface area contributed by atoms with Crippen molar-refractivity contribution in [3.05, 3.63) is 12.7 Å². The molecule has 15 heavy (non-hydrogen) atoms. The summed E-state index contributed by atoms with van der Waals surface area (Å²) in [5, 5.41) is 9.06. The third-order valence-electron chi connectivity index (χ3n) is 1.81. The van der Waals surface area contributed by atoms with Gasteiger partial charge in [-0.25, -0.2) is 0 Å². The van der Waals surface area contributed by atoms with Crippen LogP contribution in [0.5, 0.6) is 0 Å². The van der Waals surface area contributed by atoms with Crippen LogP contribution in [0.2, 0.25) is 0 Å². The van der Waals surface area contributed by atoms with Gasteiger partial charge >= 0.3 is 5.97 Å². The summed E-state index contributed by atoms with van der Waals surface area (Å²) in [4.78, 5) is 22.2. The highest BCUT2D eigenvalue weighted by Crippen LogP contribution is 2.00. The van der Waals surface area contributed by atoms with E-state index in [-0.39, 0.29) is 18.6 Å². The van der Waals surface area contributed by atoms with Gasteiger partial charge in [-0.15, -0.1) is 6.58 Å². The number of carbonyl (C=O) groups is 2. The number of unbranched alkanes of at least 4 members (excludes halogenated alkanes) is 1. The number of aliphatic hydroxyl groups excluding tert-OH is 1. The van der Waals surface area contributed by atoms with Gasteiger partial charge in [0, 0.05) is 6.42 Å². The summed E-state index contributed by atoms with van der Waals surface area (Å²) in [6, 6.07) is 0. The molecule has 0 aliphatic rings. The van der Waals surface area contributed by atoms with Gasteiger partial charge in [0.1, 0.15) is 12.2 Å². The quantitative estimate of drug-likeness (QED) is 0.285. The first-order valence-corrected chi connectivity index (χ1v) is 5.08. The van der Waals surface area contributed by atoms with Crippen LogP contribution >= 0.6 is 0 Å². The Balaban J connectivity index is 3.67. The van der Waals surface area contributed by atoms with Crippen molar-refractivity contribution in [1.82, 2.24) is 0 Å². The van der Waals surface area contributed by atoms with E-state index in [1.165, 1.54) is 6.08 Å². The molecule has 0 aromatic carbocycles. The first-order chi connectivity index (χ1) is 7.10. The molecule has 0 unspecified atom stereocenters. The van der Waals surface area contributed by atoms with Gasteiger partial charge in [0.2, 0.25) is 0 Å². The SMILES string of the molecule is C=C[C@@H](O)CC(=O)CC(=O)OCCCC. The van der Waals surface area contributed by atoms with Gasteiger partial charge in [-0.2, -0.15) is 0 Å². The molecule has 0 fully saturated rings. The van der Waals surface area contributed by atoms with Crippen molar-refractivity contribution >= 4 is 11.8 Å². The molecule has 0 amide bonds. The molecule has 0 saturated carbocycles. The average molecular weight is 214 g/mol. The molecule has 0 bridgehead atoms. The topological polar surface area (TPSA) is 63.6 Å². The van der Waals surface area contributed by atoms with Gasteiger partial charge in [-0.1, -0.05) is 19.4 Å². The maximum Gasteiger partial charge on any atom is 0.313 e. The lowest BCUT2D eigenvalue weighted by atomic mass is 10.1. The number of ether oxygens (including phenoxy) is 1. The van der Waals surface area contributed by atoms with Crippen LogP contribution in [0.25, 0.3) is 0 Å². The average Bonchev–Trinajstić information content (AvgIpc) is 2.17. The molecule has 86 valence electrons. The van der Waals surface area contributed by atoms with Crippen molar-refractivity contribution < 1.29 is 19.4 Å². The van der Waals surface area contributed by atoms with Crippen LogP contribution in [0.3, 0.4) is 0 Å². The molecule has 0 spiro atoms. The molecule has 1 atom stereocenters. The van der Waals surface area contributed by atoms with E-state index in [9.17, 15) is 9.59 Å². The molecule has 0 aromatic rings. The molecule has 1 N–H and O–H groups in total. The first-order valence-electron chi connectivity index (χ1n) is 5.08. The molecular weight excluding hydrogens is 196 g/mol. The van der Waals surface area contributed by atoms with Crippen LogP contribution in [-0.4, -0.2) is 29.6 Å². The number of ketones is 1. The third-order valence-corrected chi connectivity index (χ3v) is 1.81. The zero-order valence-electron chi connectivity index (χ0n) is 9.07. The zero-order valence-corrected chi connectivity index (χ0v) is 9.07. The summed E-state index contributed by atoms with van der Waals surface area (Å²) in [5.41, 5.74) is 0. The van der Waals surface area contributed by atoms with Crippen LogP contribution in [0.4, 0.5) is 0 Å². The lowest BCUT2D eigenvalue weighted by Gasteiger charge is -2.05. The molecule has 0 aromatic heterocycles. The number of hydrogen-bond donors (Lipinski definition) is 1. The Morgan fingerprint density at radius 1 is 1.53 bits per heavy atom. The van der Waals surface area contributed by atoms with E-state index >= 15 is 0 Å². The van der Waals surface area contributed by atoms with Crippen molar-refractivity contribution in [2.45, 2.75) is 38.7 Å². The van der Waals surface area contributed by atoms with E-state index in [0.717, 1.165) is 12.8 Å². The van der Waals surface area contributed by atoms with Gasteiger partial charge < -0.3 is 9.84 Å². The van der Waals surface area contributed by atoms with E-state index in [1.807, 2.05) is 6.92 Å². The minimum Gasteiger partial charge on any atom is -0.465 e. The molecule has 4 heteroatoms. The Hall–Kier alpha value is -1.16. The fraction of sp³-hybridized carbons (Fsp3) is 0.636. The molecular formula is C11H18O4.